The summed E-state index contributed by atoms with van der Waals surface area (Å²) in [7, 11) is 0. The molecule has 34 heavy (non-hydrogen) atoms. The van der Waals surface area contributed by atoms with E-state index in [-0.39, 0.29) is 23.9 Å². The van der Waals surface area contributed by atoms with Gasteiger partial charge in [-0.15, -0.1) is 0 Å². The Bertz CT molecular complexity index is 985. The number of rotatable bonds is 5. The molecule has 3 aliphatic rings. The lowest BCUT2D eigenvalue weighted by atomic mass is 9.92. The van der Waals surface area contributed by atoms with Gasteiger partial charge in [0.25, 0.3) is 0 Å². The first kappa shape index (κ1) is 23.1. The van der Waals surface area contributed by atoms with Crippen molar-refractivity contribution in [3.8, 4) is 0 Å². The molecule has 1 unspecified atom stereocenters. The topological polar surface area (TPSA) is 71.0 Å². The summed E-state index contributed by atoms with van der Waals surface area (Å²) in [5.74, 6) is 0.503. The molecule has 2 aromatic rings. The minimum atomic E-state index is -0.326. The van der Waals surface area contributed by atoms with Crippen molar-refractivity contribution in [2.24, 2.45) is 0 Å². The maximum absolute atomic E-state index is 13.3. The molecule has 0 N–H and O–H groups in total. The number of ether oxygens (including phenoxy) is 2. The van der Waals surface area contributed by atoms with Crippen molar-refractivity contribution in [1.82, 2.24) is 19.8 Å². The van der Waals surface area contributed by atoms with Crippen LogP contribution in [0, 0.1) is 5.82 Å². The van der Waals surface area contributed by atoms with Gasteiger partial charge in [0.1, 0.15) is 12.4 Å². The molecule has 4 heterocycles. The van der Waals surface area contributed by atoms with E-state index in [0.717, 1.165) is 69.2 Å². The lowest BCUT2D eigenvalue weighted by Gasteiger charge is -2.42. The first-order chi connectivity index (χ1) is 16.6. The van der Waals surface area contributed by atoms with Crippen LogP contribution in [0.4, 0.5) is 10.3 Å². The third-order valence-corrected chi connectivity index (χ3v) is 6.99. The Morgan fingerprint density at radius 2 is 1.82 bits per heavy atom. The molecule has 0 radical (unpaired) electrons. The molecule has 1 aromatic heterocycles. The van der Waals surface area contributed by atoms with E-state index in [0.29, 0.717) is 26.3 Å². The van der Waals surface area contributed by atoms with Crippen LogP contribution in [0.1, 0.15) is 30.5 Å². The van der Waals surface area contributed by atoms with E-state index in [1.807, 2.05) is 17.2 Å². The zero-order chi connectivity index (χ0) is 23.4. The normalized spacial score (nSPS) is 24.4. The first-order valence-electron chi connectivity index (χ1n) is 12.1. The molecule has 1 amide bonds. The molecule has 3 fully saturated rings. The van der Waals surface area contributed by atoms with Crippen LogP contribution in [0.15, 0.2) is 36.5 Å². The maximum atomic E-state index is 13.3. The molecule has 8 nitrogen and oxygen atoms in total. The van der Waals surface area contributed by atoms with Crippen LogP contribution in [0.3, 0.4) is 0 Å². The molecular weight excluding hydrogens is 437 g/mol. The van der Waals surface area contributed by atoms with E-state index < -0.39 is 0 Å². The van der Waals surface area contributed by atoms with E-state index in [2.05, 4.69) is 14.8 Å². The minimum Gasteiger partial charge on any atom is -0.378 e. The van der Waals surface area contributed by atoms with Gasteiger partial charge in [-0.05, 0) is 49.6 Å². The number of benzene rings is 1. The predicted octanol–water partition coefficient (Wildman–Crippen LogP) is 2.24. The third kappa shape index (κ3) is 5.54. The summed E-state index contributed by atoms with van der Waals surface area (Å²) in [6, 6.07) is 8.36. The molecule has 1 spiro atoms. The molecule has 0 aliphatic carbocycles. The molecule has 182 valence electrons. The number of carbonyl (C=O) groups excluding carboxylic acids is 1. The van der Waals surface area contributed by atoms with Crippen LogP contribution in [-0.2, 0) is 27.4 Å². The summed E-state index contributed by atoms with van der Waals surface area (Å²) in [5, 5.41) is 0. The van der Waals surface area contributed by atoms with Gasteiger partial charge in [0.15, 0.2) is 0 Å². The number of anilines is 1. The summed E-state index contributed by atoms with van der Waals surface area (Å²) in [6.07, 6.45) is 4.62. The van der Waals surface area contributed by atoms with Gasteiger partial charge in [-0.3, -0.25) is 9.69 Å². The van der Waals surface area contributed by atoms with Gasteiger partial charge in [-0.2, -0.15) is 0 Å². The number of morpholine rings is 2. The number of aromatic nitrogens is 2. The lowest BCUT2D eigenvalue weighted by molar-refractivity contribution is -0.166. The zero-order valence-electron chi connectivity index (χ0n) is 19.5. The number of hydrogen-bond donors (Lipinski definition) is 0. The Morgan fingerprint density at radius 1 is 1.00 bits per heavy atom. The van der Waals surface area contributed by atoms with E-state index in [1.165, 1.54) is 12.1 Å². The first-order valence-corrected chi connectivity index (χ1v) is 12.1. The SMILES string of the molecule is O=C1COC2(CCCN(Cc3ccnc(N4CCOCC4)n3)CC2)CN1Cc1ccc(F)cc1. The highest BCUT2D eigenvalue weighted by atomic mass is 19.1. The summed E-state index contributed by atoms with van der Waals surface area (Å²) < 4.78 is 24.9. The van der Waals surface area contributed by atoms with Gasteiger partial charge in [0, 0.05) is 38.9 Å². The molecule has 5 rings (SSSR count). The number of carbonyl (C=O) groups is 1. The second-order valence-electron chi connectivity index (χ2n) is 9.43. The van der Waals surface area contributed by atoms with Crippen LogP contribution >= 0.6 is 0 Å². The molecule has 0 bridgehead atoms. The Balaban J connectivity index is 1.20. The summed E-state index contributed by atoms with van der Waals surface area (Å²) >= 11 is 0. The molecule has 3 aliphatic heterocycles. The second kappa shape index (κ2) is 10.3. The Kier molecular flexibility index (Phi) is 7.03. The Morgan fingerprint density at radius 3 is 2.65 bits per heavy atom. The van der Waals surface area contributed by atoms with Gasteiger partial charge >= 0.3 is 0 Å². The fourth-order valence-corrected chi connectivity index (χ4v) is 5.04. The molecule has 9 heteroatoms. The number of likely N-dealkylation sites (tertiary alicyclic amines) is 1. The zero-order valence-corrected chi connectivity index (χ0v) is 19.5. The van der Waals surface area contributed by atoms with Gasteiger partial charge in [-0.1, -0.05) is 12.1 Å². The monoisotopic (exact) mass is 469 g/mol. The second-order valence-corrected chi connectivity index (χ2v) is 9.43. The van der Waals surface area contributed by atoms with E-state index in [1.54, 1.807) is 12.1 Å². The molecule has 3 saturated heterocycles. The van der Waals surface area contributed by atoms with Gasteiger partial charge < -0.3 is 19.3 Å². The van der Waals surface area contributed by atoms with E-state index in [9.17, 15) is 9.18 Å². The van der Waals surface area contributed by atoms with Crippen molar-refractivity contribution in [1.29, 1.82) is 0 Å². The number of halogens is 1. The molecule has 1 atom stereocenters. The van der Waals surface area contributed by atoms with Crippen molar-refractivity contribution in [2.45, 2.75) is 38.0 Å². The van der Waals surface area contributed by atoms with Crippen molar-refractivity contribution in [2.75, 3.05) is 57.4 Å². The fourth-order valence-electron chi connectivity index (χ4n) is 5.04. The Labute approximate surface area is 199 Å². The highest BCUT2D eigenvalue weighted by Crippen LogP contribution is 2.31. The number of hydrogen-bond acceptors (Lipinski definition) is 7. The largest absolute Gasteiger partial charge is 0.378 e. The van der Waals surface area contributed by atoms with Crippen LogP contribution in [0.2, 0.25) is 0 Å². The van der Waals surface area contributed by atoms with Crippen LogP contribution < -0.4 is 4.90 Å². The van der Waals surface area contributed by atoms with Crippen molar-refractivity contribution < 1.29 is 18.7 Å². The van der Waals surface area contributed by atoms with Crippen LogP contribution in [0.25, 0.3) is 0 Å². The van der Waals surface area contributed by atoms with Gasteiger partial charge in [0.2, 0.25) is 11.9 Å². The van der Waals surface area contributed by atoms with Crippen LogP contribution in [-0.4, -0.2) is 83.8 Å². The fraction of sp³-hybridized carbons (Fsp3) is 0.560. The quantitative estimate of drug-likeness (QED) is 0.665. The highest BCUT2D eigenvalue weighted by molar-refractivity contribution is 5.78. The lowest BCUT2D eigenvalue weighted by Crippen LogP contribution is -2.54. The number of nitrogens with zero attached hydrogens (tertiary/aromatic N) is 5. The molecular formula is C25H32FN5O3. The summed E-state index contributed by atoms with van der Waals surface area (Å²) in [4.78, 5) is 28.3. The van der Waals surface area contributed by atoms with Gasteiger partial charge in [-0.25, -0.2) is 14.4 Å². The number of amides is 1. The average Bonchev–Trinajstić information content (AvgIpc) is 3.06. The van der Waals surface area contributed by atoms with Crippen molar-refractivity contribution in [3.63, 3.8) is 0 Å². The third-order valence-electron chi connectivity index (χ3n) is 6.99. The summed E-state index contributed by atoms with van der Waals surface area (Å²) in [6.45, 7) is 6.85. The standard InChI is InChI=1S/C25H32FN5O3/c26-21-4-2-20(3-5-21)16-31-19-25(34-18-23(31)32)7-1-10-29(11-8-25)17-22-6-9-27-24(28-22)30-12-14-33-15-13-30/h2-6,9H,1,7-8,10-19H2. The van der Waals surface area contributed by atoms with Crippen molar-refractivity contribution in [3.05, 3.63) is 53.6 Å². The van der Waals surface area contributed by atoms with Crippen molar-refractivity contribution >= 4 is 11.9 Å². The van der Waals surface area contributed by atoms with E-state index >= 15 is 0 Å². The maximum Gasteiger partial charge on any atom is 0.248 e. The van der Waals surface area contributed by atoms with Gasteiger partial charge in [0.05, 0.1) is 31.1 Å². The van der Waals surface area contributed by atoms with E-state index in [4.69, 9.17) is 14.5 Å². The Hall–Kier alpha value is -2.62. The predicted molar refractivity (Wildman–Crippen MR) is 125 cm³/mol. The highest BCUT2D eigenvalue weighted by Gasteiger charge is 2.40. The molecule has 0 saturated carbocycles. The van der Waals surface area contributed by atoms with Crippen LogP contribution in [0.5, 0.6) is 0 Å². The minimum absolute atomic E-state index is 0.00678. The average molecular weight is 470 g/mol. The smallest absolute Gasteiger partial charge is 0.248 e. The summed E-state index contributed by atoms with van der Waals surface area (Å²) in [5.41, 5.74) is 1.62. The molecule has 1 aromatic carbocycles.